The number of benzene rings is 3. The van der Waals surface area contributed by atoms with Gasteiger partial charge in [0.05, 0.1) is 16.5 Å². The molecule has 3 aromatic carbocycles. The van der Waals surface area contributed by atoms with Gasteiger partial charge in [-0.1, -0.05) is 83.9 Å². The summed E-state index contributed by atoms with van der Waals surface area (Å²) in [6.07, 6.45) is 0.532. The summed E-state index contributed by atoms with van der Waals surface area (Å²) in [7, 11) is 1.59. The predicted octanol–water partition coefficient (Wildman–Crippen LogP) is 5.23. The molecule has 0 aliphatic rings. The first-order valence-electron chi connectivity index (χ1n) is 10.4. The summed E-state index contributed by atoms with van der Waals surface area (Å²) in [5.41, 5.74) is 3.79. The fourth-order valence-electron chi connectivity index (χ4n) is 3.62. The van der Waals surface area contributed by atoms with Crippen molar-refractivity contribution in [1.29, 1.82) is 0 Å². The lowest BCUT2D eigenvalue weighted by atomic mass is 10.0. The predicted molar refractivity (Wildman–Crippen MR) is 130 cm³/mol. The molecule has 0 radical (unpaired) electrons. The molecule has 1 N–H and O–H groups in total. The highest BCUT2D eigenvalue weighted by molar-refractivity contribution is 6.42. The lowest BCUT2D eigenvalue weighted by molar-refractivity contribution is -0.140. The zero-order valence-electron chi connectivity index (χ0n) is 18.1. The van der Waals surface area contributed by atoms with E-state index < -0.39 is 6.04 Å². The molecule has 0 heterocycles. The van der Waals surface area contributed by atoms with Gasteiger partial charge in [0.15, 0.2) is 0 Å². The summed E-state index contributed by atoms with van der Waals surface area (Å²) >= 11 is 12.2. The number of nitrogens with zero attached hydrogens (tertiary/aromatic N) is 1. The van der Waals surface area contributed by atoms with Crippen molar-refractivity contribution in [3.05, 3.63) is 105 Å². The molecule has 0 saturated heterocycles. The second-order valence-corrected chi connectivity index (χ2v) is 8.51. The number of hydrogen-bond donors (Lipinski definition) is 1. The molecule has 1 atom stereocenters. The third-order valence-electron chi connectivity index (χ3n) is 5.46. The fourth-order valence-corrected chi connectivity index (χ4v) is 3.94. The minimum Gasteiger partial charge on any atom is -0.357 e. The lowest BCUT2D eigenvalue weighted by Crippen LogP contribution is -2.50. The molecule has 6 heteroatoms. The molecule has 0 fully saturated rings. The number of amides is 2. The van der Waals surface area contributed by atoms with E-state index in [2.05, 4.69) is 5.32 Å². The second-order valence-electron chi connectivity index (χ2n) is 7.69. The molecule has 0 aromatic heterocycles. The third-order valence-corrected chi connectivity index (χ3v) is 6.20. The van der Waals surface area contributed by atoms with Gasteiger partial charge in [-0.3, -0.25) is 9.59 Å². The molecule has 2 amide bonds. The maximum Gasteiger partial charge on any atom is 0.242 e. The summed E-state index contributed by atoms with van der Waals surface area (Å²) in [5, 5.41) is 3.56. The first-order chi connectivity index (χ1) is 15.4. The Hall–Kier alpha value is -2.82. The molecule has 3 aromatic rings. The number of rotatable bonds is 8. The van der Waals surface area contributed by atoms with Crippen LogP contribution in [0.5, 0.6) is 0 Å². The Morgan fingerprint density at radius 2 is 1.59 bits per heavy atom. The van der Waals surface area contributed by atoms with Crippen LogP contribution < -0.4 is 5.32 Å². The van der Waals surface area contributed by atoms with Crippen LogP contribution in [0.25, 0.3) is 0 Å². The molecule has 0 spiro atoms. The minimum absolute atomic E-state index is 0.116. The maximum atomic E-state index is 13.5. The summed E-state index contributed by atoms with van der Waals surface area (Å²) in [6.45, 7) is 2.33. The fraction of sp³-hybridized carbons (Fsp3) is 0.231. The molecule has 0 bridgehead atoms. The van der Waals surface area contributed by atoms with E-state index in [-0.39, 0.29) is 18.2 Å². The highest BCUT2D eigenvalue weighted by atomic mass is 35.5. The zero-order chi connectivity index (χ0) is 23.1. The quantitative estimate of drug-likeness (QED) is 0.491. The topological polar surface area (TPSA) is 49.4 Å². The Morgan fingerprint density at radius 1 is 0.906 bits per heavy atom. The number of nitrogens with one attached hydrogen (secondary N) is 1. The van der Waals surface area contributed by atoms with Crippen molar-refractivity contribution in [2.45, 2.75) is 32.4 Å². The van der Waals surface area contributed by atoms with Crippen LogP contribution in [0.1, 0.15) is 22.3 Å². The Labute approximate surface area is 199 Å². The van der Waals surface area contributed by atoms with Crippen molar-refractivity contribution in [3.8, 4) is 0 Å². The van der Waals surface area contributed by atoms with E-state index in [9.17, 15) is 9.59 Å². The highest BCUT2D eigenvalue weighted by Crippen LogP contribution is 2.24. The van der Waals surface area contributed by atoms with E-state index in [0.29, 0.717) is 23.0 Å². The van der Waals surface area contributed by atoms with Crippen LogP contribution >= 0.6 is 23.2 Å². The number of carbonyl (C=O) groups excluding carboxylic acids is 2. The van der Waals surface area contributed by atoms with E-state index in [1.54, 1.807) is 30.1 Å². The van der Waals surface area contributed by atoms with Crippen molar-refractivity contribution < 1.29 is 9.59 Å². The van der Waals surface area contributed by atoms with Crippen LogP contribution in [-0.2, 0) is 29.0 Å². The van der Waals surface area contributed by atoms with E-state index >= 15 is 0 Å². The van der Waals surface area contributed by atoms with Gasteiger partial charge >= 0.3 is 0 Å². The van der Waals surface area contributed by atoms with Crippen molar-refractivity contribution in [2.75, 3.05) is 7.05 Å². The van der Waals surface area contributed by atoms with Crippen molar-refractivity contribution >= 4 is 35.0 Å². The van der Waals surface area contributed by atoms with Gasteiger partial charge in [0.25, 0.3) is 0 Å². The molecule has 0 unspecified atom stereocenters. The van der Waals surface area contributed by atoms with Crippen molar-refractivity contribution in [2.24, 2.45) is 0 Å². The second kappa shape index (κ2) is 11.2. The van der Waals surface area contributed by atoms with Gasteiger partial charge in [0, 0.05) is 20.0 Å². The van der Waals surface area contributed by atoms with Gasteiger partial charge in [-0.25, -0.2) is 0 Å². The minimum atomic E-state index is -0.655. The third kappa shape index (κ3) is 6.12. The van der Waals surface area contributed by atoms with Crippen LogP contribution in [0.15, 0.2) is 72.8 Å². The van der Waals surface area contributed by atoms with Gasteiger partial charge < -0.3 is 10.2 Å². The monoisotopic (exact) mass is 468 g/mol. The average Bonchev–Trinajstić information content (AvgIpc) is 2.80. The van der Waals surface area contributed by atoms with E-state index in [0.717, 1.165) is 22.3 Å². The molecule has 4 nitrogen and oxygen atoms in total. The summed E-state index contributed by atoms with van der Waals surface area (Å²) < 4.78 is 0. The highest BCUT2D eigenvalue weighted by Gasteiger charge is 2.30. The van der Waals surface area contributed by atoms with Crippen LogP contribution in [0.2, 0.25) is 10.0 Å². The molecule has 32 heavy (non-hydrogen) atoms. The Morgan fingerprint density at radius 3 is 2.25 bits per heavy atom. The molecular formula is C26H26Cl2N2O2. The van der Waals surface area contributed by atoms with Gasteiger partial charge in [-0.2, -0.15) is 0 Å². The number of carbonyl (C=O) groups is 2. The summed E-state index contributed by atoms with van der Waals surface area (Å²) in [6, 6.07) is 22.1. The number of hydrogen-bond acceptors (Lipinski definition) is 2. The molecule has 166 valence electrons. The lowest BCUT2D eigenvalue weighted by Gasteiger charge is -2.31. The standard InChI is InChI=1S/C26H26Cl2N2O2/c1-18-8-6-7-11-21(18)17-30(25(31)16-20-12-13-22(27)23(28)14-20)24(26(32)29-2)15-19-9-4-3-5-10-19/h3-14,24H,15-17H2,1-2H3,(H,29,32)/t24-/m1/s1. The first kappa shape index (κ1) is 23.8. The van der Waals surface area contributed by atoms with Crippen LogP contribution in [0.3, 0.4) is 0 Å². The van der Waals surface area contributed by atoms with E-state index in [4.69, 9.17) is 23.2 Å². The largest absolute Gasteiger partial charge is 0.357 e. The SMILES string of the molecule is CNC(=O)[C@@H](Cc1ccccc1)N(Cc1ccccc1C)C(=O)Cc1ccc(Cl)c(Cl)c1. The van der Waals surface area contributed by atoms with Gasteiger partial charge in [-0.15, -0.1) is 0 Å². The normalized spacial score (nSPS) is 11.6. The van der Waals surface area contributed by atoms with Crippen molar-refractivity contribution in [3.63, 3.8) is 0 Å². The number of likely N-dealkylation sites (N-methyl/N-ethyl adjacent to an activating group) is 1. The molecule has 0 saturated carbocycles. The van der Waals surface area contributed by atoms with Crippen LogP contribution in [0.4, 0.5) is 0 Å². The van der Waals surface area contributed by atoms with Crippen LogP contribution in [-0.4, -0.2) is 29.8 Å². The molecule has 3 rings (SSSR count). The number of aryl methyl sites for hydroxylation is 1. The van der Waals surface area contributed by atoms with Crippen LogP contribution in [0, 0.1) is 6.92 Å². The Bertz CT molecular complexity index is 1090. The van der Waals surface area contributed by atoms with E-state index in [1.807, 2.05) is 61.5 Å². The number of halogens is 2. The first-order valence-corrected chi connectivity index (χ1v) is 11.2. The Balaban J connectivity index is 1.96. The summed E-state index contributed by atoms with van der Waals surface area (Å²) in [4.78, 5) is 28.2. The summed E-state index contributed by atoms with van der Waals surface area (Å²) in [5.74, 6) is -0.360. The molecular weight excluding hydrogens is 443 g/mol. The molecule has 0 aliphatic carbocycles. The maximum absolute atomic E-state index is 13.5. The van der Waals surface area contributed by atoms with Crippen molar-refractivity contribution in [1.82, 2.24) is 10.2 Å². The average molecular weight is 469 g/mol. The van der Waals surface area contributed by atoms with E-state index in [1.165, 1.54) is 0 Å². The van der Waals surface area contributed by atoms with Gasteiger partial charge in [0.1, 0.15) is 6.04 Å². The van der Waals surface area contributed by atoms with Gasteiger partial charge in [0.2, 0.25) is 11.8 Å². The zero-order valence-corrected chi connectivity index (χ0v) is 19.7. The smallest absolute Gasteiger partial charge is 0.242 e. The molecule has 0 aliphatic heterocycles. The Kier molecular flexibility index (Phi) is 8.32. The van der Waals surface area contributed by atoms with Gasteiger partial charge in [-0.05, 0) is 41.3 Å².